The van der Waals surface area contributed by atoms with Crippen molar-refractivity contribution >= 4 is 5.91 Å². The van der Waals surface area contributed by atoms with Crippen molar-refractivity contribution in [3.63, 3.8) is 0 Å². The van der Waals surface area contributed by atoms with Crippen LogP contribution in [0.2, 0.25) is 0 Å². The SMILES string of the molecule is O=C(NCCOCC(F)(F)F)C1CC2CC2C1. The molecule has 2 unspecified atom stereocenters. The topological polar surface area (TPSA) is 38.3 Å². The Bertz CT molecular complexity index is 283. The van der Waals surface area contributed by atoms with E-state index in [2.05, 4.69) is 10.1 Å². The number of rotatable bonds is 5. The van der Waals surface area contributed by atoms with Crippen LogP contribution in [-0.2, 0) is 9.53 Å². The van der Waals surface area contributed by atoms with Gasteiger partial charge in [-0.15, -0.1) is 0 Å². The highest BCUT2D eigenvalue weighted by molar-refractivity contribution is 5.79. The molecule has 0 aromatic carbocycles. The molecule has 0 aromatic heterocycles. The number of carbonyl (C=O) groups excluding carboxylic acids is 1. The van der Waals surface area contributed by atoms with E-state index in [4.69, 9.17) is 0 Å². The molecule has 0 bridgehead atoms. The first-order valence-electron chi connectivity index (χ1n) is 5.88. The molecule has 0 radical (unpaired) electrons. The molecule has 0 saturated heterocycles. The molecule has 0 heterocycles. The van der Waals surface area contributed by atoms with Crippen molar-refractivity contribution in [1.29, 1.82) is 0 Å². The van der Waals surface area contributed by atoms with Gasteiger partial charge in [-0.3, -0.25) is 4.79 Å². The van der Waals surface area contributed by atoms with Crippen molar-refractivity contribution in [2.75, 3.05) is 19.8 Å². The Labute approximate surface area is 97.7 Å². The van der Waals surface area contributed by atoms with Gasteiger partial charge < -0.3 is 10.1 Å². The zero-order valence-electron chi connectivity index (χ0n) is 9.43. The van der Waals surface area contributed by atoms with Gasteiger partial charge in [-0.25, -0.2) is 0 Å². The molecule has 0 aliphatic heterocycles. The summed E-state index contributed by atoms with van der Waals surface area (Å²) in [5, 5.41) is 2.62. The van der Waals surface area contributed by atoms with Crippen LogP contribution >= 0.6 is 0 Å². The monoisotopic (exact) mass is 251 g/mol. The Morgan fingerprint density at radius 3 is 2.47 bits per heavy atom. The summed E-state index contributed by atoms with van der Waals surface area (Å²) < 4.78 is 39.6. The molecule has 1 amide bonds. The fraction of sp³-hybridized carbons (Fsp3) is 0.909. The summed E-state index contributed by atoms with van der Waals surface area (Å²) in [6, 6.07) is 0. The molecule has 0 aromatic rings. The predicted molar refractivity (Wildman–Crippen MR) is 54.2 cm³/mol. The van der Waals surface area contributed by atoms with E-state index in [0.717, 1.165) is 24.7 Å². The van der Waals surface area contributed by atoms with Gasteiger partial charge in [-0.2, -0.15) is 13.2 Å². The van der Waals surface area contributed by atoms with Crippen molar-refractivity contribution in [2.24, 2.45) is 17.8 Å². The number of ether oxygens (including phenoxy) is 1. The molecule has 2 atom stereocenters. The lowest BCUT2D eigenvalue weighted by molar-refractivity contribution is -0.173. The van der Waals surface area contributed by atoms with Crippen LogP contribution in [0.5, 0.6) is 0 Å². The Morgan fingerprint density at radius 1 is 1.24 bits per heavy atom. The number of amides is 1. The van der Waals surface area contributed by atoms with E-state index >= 15 is 0 Å². The zero-order valence-corrected chi connectivity index (χ0v) is 9.43. The molecule has 0 spiro atoms. The van der Waals surface area contributed by atoms with Gasteiger partial charge in [0.15, 0.2) is 0 Å². The minimum Gasteiger partial charge on any atom is -0.370 e. The van der Waals surface area contributed by atoms with Crippen molar-refractivity contribution in [1.82, 2.24) is 5.32 Å². The highest BCUT2D eigenvalue weighted by Crippen LogP contribution is 2.54. The van der Waals surface area contributed by atoms with Crippen LogP contribution in [0.4, 0.5) is 13.2 Å². The van der Waals surface area contributed by atoms with E-state index in [1.807, 2.05) is 0 Å². The third kappa shape index (κ3) is 3.87. The quantitative estimate of drug-likeness (QED) is 0.756. The molecular formula is C11H16F3NO2. The summed E-state index contributed by atoms with van der Waals surface area (Å²) in [5.41, 5.74) is 0. The van der Waals surface area contributed by atoms with E-state index in [1.165, 1.54) is 6.42 Å². The van der Waals surface area contributed by atoms with Gasteiger partial charge in [-0.1, -0.05) is 0 Å². The minimum atomic E-state index is -4.29. The second kappa shape index (κ2) is 4.84. The average Bonchev–Trinajstić information content (AvgIpc) is 2.83. The number of halogens is 3. The van der Waals surface area contributed by atoms with Crippen LogP contribution < -0.4 is 5.32 Å². The van der Waals surface area contributed by atoms with Crippen molar-refractivity contribution in [3.05, 3.63) is 0 Å². The summed E-state index contributed by atoms with van der Waals surface area (Å²) in [6.45, 7) is -1.19. The maximum Gasteiger partial charge on any atom is 0.411 e. The first-order valence-corrected chi connectivity index (χ1v) is 5.88. The molecule has 2 saturated carbocycles. The largest absolute Gasteiger partial charge is 0.411 e. The van der Waals surface area contributed by atoms with Crippen LogP contribution in [0.25, 0.3) is 0 Å². The van der Waals surface area contributed by atoms with Crippen LogP contribution in [0, 0.1) is 17.8 Å². The molecule has 2 fully saturated rings. The second-order valence-corrected chi connectivity index (χ2v) is 4.88. The van der Waals surface area contributed by atoms with Gasteiger partial charge in [0.2, 0.25) is 5.91 Å². The number of nitrogens with one attached hydrogen (secondary N) is 1. The van der Waals surface area contributed by atoms with Gasteiger partial charge in [-0.05, 0) is 31.1 Å². The zero-order chi connectivity index (χ0) is 12.5. The Morgan fingerprint density at radius 2 is 1.88 bits per heavy atom. The number of hydrogen-bond acceptors (Lipinski definition) is 2. The van der Waals surface area contributed by atoms with Crippen LogP contribution in [0.3, 0.4) is 0 Å². The third-order valence-corrected chi connectivity index (χ3v) is 3.43. The number of fused-ring (bicyclic) bond motifs is 1. The lowest BCUT2D eigenvalue weighted by atomic mass is 10.0. The molecule has 17 heavy (non-hydrogen) atoms. The normalized spacial score (nSPS) is 31.1. The molecular weight excluding hydrogens is 235 g/mol. The maximum atomic E-state index is 11.7. The molecule has 3 nitrogen and oxygen atoms in total. The highest BCUT2D eigenvalue weighted by atomic mass is 19.4. The first-order chi connectivity index (χ1) is 7.96. The third-order valence-electron chi connectivity index (χ3n) is 3.43. The minimum absolute atomic E-state index is 0.0344. The Hall–Kier alpha value is -0.780. The molecule has 2 aliphatic rings. The summed E-state index contributed by atoms with van der Waals surface area (Å²) in [4.78, 5) is 11.6. The van der Waals surface area contributed by atoms with Crippen molar-refractivity contribution < 1.29 is 22.7 Å². The Balaban J connectivity index is 1.52. The summed E-state index contributed by atoms with van der Waals surface area (Å²) >= 11 is 0. The Kier molecular flexibility index (Phi) is 3.61. The van der Waals surface area contributed by atoms with Crippen LogP contribution in [0.1, 0.15) is 19.3 Å². The van der Waals surface area contributed by atoms with E-state index < -0.39 is 12.8 Å². The number of carbonyl (C=O) groups is 1. The van der Waals surface area contributed by atoms with E-state index in [9.17, 15) is 18.0 Å². The number of alkyl halides is 3. The van der Waals surface area contributed by atoms with Gasteiger partial charge in [0.05, 0.1) is 6.61 Å². The smallest absolute Gasteiger partial charge is 0.370 e. The summed E-state index contributed by atoms with van der Waals surface area (Å²) in [6.07, 6.45) is -1.16. The van der Waals surface area contributed by atoms with Crippen molar-refractivity contribution in [3.8, 4) is 0 Å². The van der Waals surface area contributed by atoms with Crippen LogP contribution in [-0.4, -0.2) is 31.8 Å². The predicted octanol–water partition coefficient (Wildman–Crippen LogP) is 1.73. The van der Waals surface area contributed by atoms with Gasteiger partial charge >= 0.3 is 6.18 Å². The fourth-order valence-electron chi connectivity index (χ4n) is 2.51. The lowest BCUT2D eigenvalue weighted by Crippen LogP contribution is -2.33. The second-order valence-electron chi connectivity index (χ2n) is 4.88. The standard InChI is InChI=1S/C11H16F3NO2/c12-11(13,14)6-17-2-1-15-10(16)9-4-7-3-8(7)5-9/h7-9H,1-6H2,(H,15,16). The summed E-state index contributed by atoms with van der Waals surface area (Å²) in [5.74, 6) is 1.49. The molecule has 98 valence electrons. The average molecular weight is 251 g/mol. The molecule has 1 N–H and O–H groups in total. The van der Waals surface area contributed by atoms with Gasteiger partial charge in [0.25, 0.3) is 0 Å². The maximum absolute atomic E-state index is 11.7. The van der Waals surface area contributed by atoms with Crippen LogP contribution in [0.15, 0.2) is 0 Å². The fourth-order valence-corrected chi connectivity index (χ4v) is 2.51. The first kappa shape index (κ1) is 12.7. The van der Waals surface area contributed by atoms with Gasteiger partial charge in [0.1, 0.15) is 6.61 Å². The lowest BCUT2D eigenvalue weighted by Gasteiger charge is -2.12. The molecule has 2 rings (SSSR count). The summed E-state index contributed by atoms with van der Waals surface area (Å²) in [7, 11) is 0. The van der Waals surface area contributed by atoms with Gasteiger partial charge in [0, 0.05) is 12.5 Å². The highest BCUT2D eigenvalue weighted by Gasteiger charge is 2.47. The molecule has 6 heteroatoms. The van der Waals surface area contributed by atoms with E-state index in [1.54, 1.807) is 0 Å². The van der Waals surface area contributed by atoms with Crippen molar-refractivity contribution in [2.45, 2.75) is 25.4 Å². The van der Waals surface area contributed by atoms with E-state index in [0.29, 0.717) is 0 Å². The molecule has 2 aliphatic carbocycles. The van der Waals surface area contributed by atoms with E-state index in [-0.39, 0.29) is 25.0 Å². The number of hydrogen-bond donors (Lipinski definition) is 1.